The maximum absolute atomic E-state index is 13.1. The summed E-state index contributed by atoms with van der Waals surface area (Å²) in [5.41, 5.74) is 7.96. The van der Waals surface area contributed by atoms with Crippen molar-refractivity contribution < 1.29 is 81.3 Å². The Kier molecular flexibility index (Phi) is 34.1. The number of nitrogens with one attached hydrogen (secondary N) is 7. The van der Waals surface area contributed by atoms with E-state index in [4.69, 9.17) is 33.2 Å². The van der Waals surface area contributed by atoms with Crippen LogP contribution in [0.5, 0.6) is 0 Å². The van der Waals surface area contributed by atoms with Crippen LogP contribution in [0.15, 0.2) is 124 Å². The first-order chi connectivity index (χ1) is 53.0. The average Bonchev–Trinajstić information content (AvgIpc) is 1.66. The third-order valence-corrected chi connectivity index (χ3v) is 21.7. The Morgan fingerprint density at radius 2 is 0.991 bits per heavy atom. The molecule has 3 spiro atoms. The number of sulfonamides is 1. The van der Waals surface area contributed by atoms with Crippen LogP contribution in [0.2, 0.25) is 0 Å². The second-order valence-electron chi connectivity index (χ2n) is 29.3. The van der Waals surface area contributed by atoms with E-state index in [0.29, 0.717) is 102 Å². The summed E-state index contributed by atoms with van der Waals surface area (Å²) in [5.74, 6) is 0.842. The van der Waals surface area contributed by atoms with E-state index in [-0.39, 0.29) is 60.2 Å². The minimum absolute atomic E-state index is 0.0177. The van der Waals surface area contributed by atoms with E-state index in [1.54, 1.807) is 63.4 Å². The molecule has 7 aliphatic rings. The van der Waals surface area contributed by atoms with Gasteiger partial charge >= 0.3 is 37.1 Å². The summed E-state index contributed by atoms with van der Waals surface area (Å²) >= 11 is 0.611. The number of benzene rings is 5. The number of amides is 6. The standard InChI is InChI=1S/C26H33N5O4S.C19H26N4O3.C14H18N4O.C12H16ClNO3S.C4H8O2.C2HF3O.Mg.O/c1-18-6-5-7-22(16-18)27-25-28-24(33)26(29-25)11-13-31(14-12-26)36(34,35)15-10-20-8-9-21(17-19(20)2)23(32)30(3)4;1-13-6-5-7-14(12-13)20-16-21-15(24)19(22-16)8-10-23(11-9-19)17(25)26-18(2,3)4;1-10-3-2-4-11(9-10)16-13-17-12(19)14(18-13)5-7-15-8-6-14;1-9-8-11(12(15)14(2)3)5-4-10(9)6-7-18(13,16)17;5-4-2-1-3-6-4;3-2(4,5)1-6;;/h5-9,16-17H,10-15H2,1-4H3,(H2,27,28,29,33);5-7,12H,8-11H2,1-4H3,(H2,20,21,22,24);2-4,9,15H,5-8H2,1H3,(H2,16,17,18,19);4-5,8H,6-7H2,1-3H3;4-5H,1-3H2;1H;;. The summed E-state index contributed by atoms with van der Waals surface area (Å²) in [7, 11) is 4.95. The molecule has 612 valence electrons. The van der Waals surface area contributed by atoms with Crippen molar-refractivity contribution in [2.45, 2.75) is 154 Å². The summed E-state index contributed by atoms with van der Waals surface area (Å²) in [6, 6.07) is 34.3. The molecular weight excluding hydrogens is 1540 g/mol. The van der Waals surface area contributed by atoms with Crippen LogP contribution >= 0.6 is 10.7 Å². The molecule has 7 heterocycles. The van der Waals surface area contributed by atoms with E-state index >= 15 is 0 Å². The van der Waals surface area contributed by atoms with Crippen molar-refractivity contribution in [3.8, 4) is 0 Å². The number of nitrogens with zero attached hydrogens (tertiary/aromatic N) is 7. The Balaban J connectivity index is 0.000000228. The number of rotatable bonds is 12. The van der Waals surface area contributed by atoms with E-state index in [0.717, 1.165) is 95.8 Å². The maximum atomic E-state index is 13.1. The van der Waals surface area contributed by atoms with Gasteiger partial charge in [-0.25, -0.2) is 40.9 Å². The summed E-state index contributed by atoms with van der Waals surface area (Å²) < 4.78 is 99.0. The molecule has 12 rings (SSSR count). The van der Waals surface area contributed by atoms with Gasteiger partial charge in [-0.05, 0) is 226 Å². The van der Waals surface area contributed by atoms with Crippen molar-refractivity contribution in [1.82, 2.24) is 40.3 Å². The molecule has 0 saturated carbocycles. The van der Waals surface area contributed by atoms with Crippen molar-refractivity contribution in [2.24, 2.45) is 15.0 Å². The normalized spacial score (nSPS) is 17.8. The molecule has 4 fully saturated rings. The van der Waals surface area contributed by atoms with E-state index in [1.165, 1.54) is 19.7 Å². The zero-order valence-electron chi connectivity index (χ0n) is 65.8. The van der Waals surface area contributed by atoms with Crippen molar-refractivity contribution in [2.75, 3.05) is 102 Å². The van der Waals surface area contributed by atoms with Gasteiger partial charge in [-0.1, -0.05) is 48.5 Å². The van der Waals surface area contributed by atoms with Crippen LogP contribution in [-0.4, -0.2) is 243 Å². The van der Waals surface area contributed by atoms with Crippen LogP contribution in [0.4, 0.5) is 35.0 Å². The minimum atomic E-state index is -4.64. The molecule has 36 heteroatoms. The molecule has 1 atom stereocenters. The Morgan fingerprint density at radius 3 is 1.30 bits per heavy atom. The number of carbonyl (C=O) groups excluding carboxylic acids is 7. The summed E-state index contributed by atoms with van der Waals surface area (Å²) in [4.78, 5) is 101. The van der Waals surface area contributed by atoms with E-state index in [1.807, 2.05) is 134 Å². The number of alkyl halides is 3. The zero-order chi connectivity index (χ0) is 83.9. The van der Waals surface area contributed by atoms with Gasteiger partial charge in [0.1, 0.15) is 22.2 Å². The second kappa shape index (κ2) is 41.5. The van der Waals surface area contributed by atoms with Gasteiger partial charge in [0.05, 0.1) is 11.5 Å². The van der Waals surface area contributed by atoms with Crippen molar-refractivity contribution in [1.29, 1.82) is 0 Å². The number of aliphatic hydroxyl groups is 1. The molecule has 5 aromatic carbocycles. The van der Waals surface area contributed by atoms with Gasteiger partial charge in [-0.3, -0.25) is 44.7 Å². The van der Waals surface area contributed by atoms with Gasteiger partial charge in [0.25, 0.3) is 29.5 Å². The first kappa shape index (κ1) is 93.1. The van der Waals surface area contributed by atoms with Crippen molar-refractivity contribution in [3.63, 3.8) is 0 Å². The molecule has 0 radical (unpaired) electrons. The van der Waals surface area contributed by atoms with Gasteiger partial charge in [-0.2, -0.15) is 13.2 Å². The number of anilines is 3. The number of hydrogen-bond donors (Lipinski definition) is 8. The fourth-order valence-electron chi connectivity index (χ4n) is 12.6. The Bertz CT molecular complexity index is 4520. The molecule has 0 aliphatic carbocycles. The molecule has 113 heavy (non-hydrogen) atoms. The van der Waals surface area contributed by atoms with E-state index < -0.39 is 60.0 Å². The first-order valence-electron chi connectivity index (χ1n) is 36.6. The molecular formula is C77H102ClF3MgN14O15S2. The number of aldehydes is 1. The molecule has 4 saturated heterocycles. The fourth-order valence-corrected chi connectivity index (χ4v) is 14.7. The van der Waals surface area contributed by atoms with Gasteiger partial charge in [0.2, 0.25) is 43.2 Å². The summed E-state index contributed by atoms with van der Waals surface area (Å²) in [6.07, 6.45) is -0.797. The van der Waals surface area contributed by atoms with Gasteiger partial charge in [0.15, 0.2) is 6.29 Å². The summed E-state index contributed by atoms with van der Waals surface area (Å²) in [6.45, 7) is 19.1. The molecule has 7 aliphatic heterocycles. The van der Waals surface area contributed by atoms with Crippen LogP contribution in [0.3, 0.4) is 0 Å². The number of ether oxygens (including phenoxy) is 2. The number of aryl methyl sites for hydroxylation is 7. The number of carbonyl (C=O) groups is 7. The number of piperidine rings is 3. The number of guanidine groups is 3. The predicted octanol–water partition coefficient (Wildman–Crippen LogP) is 8.16. The van der Waals surface area contributed by atoms with Gasteiger partial charge in [0, 0.05) is 106 Å². The number of halogens is 4. The van der Waals surface area contributed by atoms with Gasteiger partial charge < -0.3 is 50.5 Å². The molecule has 6 amide bonds. The van der Waals surface area contributed by atoms with E-state index in [9.17, 15) is 58.8 Å². The van der Waals surface area contributed by atoms with E-state index in [2.05, 4.69) is 52.2 Å². The van der Waals surface area contributed by atoms with Crippen LogP contribution in [0.1, 0.15) is 132 Å². The van der Waals surface area contributed by atoms with Crippen LogP contribution in [0.25, 0.3) is 0 Å². The molecule has 1 unspecified atom stereocenters. The topological polar surface area (TPSA) is 378 Å². The predicted molar refractivity (Wildman–Crippen MR) is 428 cm³/mol. The Morgan fingerprint density at radius 1 is 0.619 bits per heavy atom. The van der Waals surface area contributed by atoms with Gasteiger partial charge in [-0.15, -0.1) is 0 Å². The van der Waals surface area contributed by atoms with Crippen molar-refractivity contribution in [3.05, 3.63) is 159 Å². The number of hydrogen-bond acceptors (Lipinski definition) is 22. The zero-order valence-corrected chi connectivity index (χ0v) is 69.6. The quantitative estimate of drug-likeness (QED) is 0.0331. The third-order valence-electron chi connectivity index (χ3n) is 18.7. The first-order valence-corrected chi connectivity index (χ1v) is 41.2. The second-order valence-corrected chi connectivity index (χ2v) is 34.3. The number of aliphatic hydroxyl groups excluding tert-OH is 1. The monoisotopic (exact) mass is 1640 g/mol. The fraction of sp³-hybridized carbons (Fsp3) is 0.481. The molecule has 0 aromatic heterocycles. The molecule has 5 aromatic rings. The number of likely N-dealkylation sites (tertiary alicyclic amines) is 1. The molecule has 29 nitrogen and oxygen atoms in total. The SMILES string of the molecule is Cc1cc(C(=O)N(C)C)ccc1CCS(=O)(=O)Cl.Cc1cccc(NC2=NC3(CCN(C(=O)OC(C)(C)C)CC3)C(=O)N2)c1.Cc1cccc(NC2=NC3(CCN(S(=O)(=O)CCc4ccc(C(=O)N(C)C)cc4C)CC3)C(=O)N2)c1.Cc1cccc(NC2=NC3(CCNCC3)C(=O)N2)c1.O=CC(F)(F)F.OC1CCCO1.[O]=[Mg]. The van der Waals surface area contributed by atoms with Crippen molar-refractivity contribution >= 4 is 128 Å². The van der Waals surface area contributed by atoms with Crippen LogP contribution in [0, 0.1) is 34.6 Å². The van der Waals surface area contributed by atoms with Crippen LogP contribution in [-0.2, 0) is 63.7 Å². The molecule has 8 N–H and O–H groups in total. The Hall–Kier alpha value is -8.81. The van der Waals surface area contributed by atoms with Crippen LogP contribution < -0.4 is 37.2 Å². The third kappa shape index (κ3) is 28.9. The molecule has 0 bridgehead atoms. The average molecular weight is 1640 g/mol. The summed E-state index contributed by atoms with van der Waals surface area (Å²) in [5, 5.41) is 29.8. The number of aliphatic imine (C=N–C) groups is 3. The Labute approximate surface area is 675 Å².